The van der Waals surface area contributed by atoms with Gasteiger partial charge in [0.15, 0.2) is 23.0 Å². The standard InChI is InChI=1S/C27H35N3O6/c1-35-24-18-20(6-10-22(24)31)8-12-26(33)29-16-4-3-14-28-15-5-17-30-27(34)13-9-21-7-11-23(32)25(19-21)36-2/h6-13,18-19,28,31-32H,3-5,14-17H2,1-2H3,(H,29,33)(H,30,34)/b12-8+,13-9+. The molecule has 9 heteroatoms. The van der Waals surface area contributed by atoms with Gasteiger partial charge in [-0.2, -0.15) is 0 Å². The van der Waals surface area contributed by atoms with Crippen LogP contribution in [-0.4, -0.2) is 62.4 Å². The number of rotatable bonds is 15. The third-order valence-electron chi connectivity index (χ3n) is 5.17. The largest absolute Gasteiger partial charge is 0.504 e. The van der Waals surface area contributed by atoms with E-state index in [4.69, 9.17) is 9.47 Å². The summed E-state index contributed by atoms with van der Waals surface area (Å²) < 4.78 is 10.1. The van der Waals surface area contributed by atoms with Gasteiger partial charge in [-0.15, -0.1) is 0 Å². The Hall–Kier alpha value is -3.98. The molecule has 0 spiro atoms. The molecule has 0 saturated heterocycles. The second-order valence-corrected chi connectivity index (χ2v) is 7.92. The van der Waals surface area contributed by atoms with Gasteiger partial charge in [-0.1, -0.05) is 12.1 Å². The molecule has 5 N–H and O–H groups in total. The number of hydrogen-bond donors (Lipinski definition) is 5. The maximum absolute atomic E-state index is 11.9. The Labute approximate surface area is 211 Å². The van der Waals surface area contributed by atoms with Gasteiger partial charge in [0.25, 0.3) is 0 Å². The predicted molar refractivity (Wildman–Crippen MR) is 140 cm³/mol. The number of aromatic hydroxyl groups is 2. The number of ether oxygens (including phenoxy) is 2. The second kappa shape index (κ2) is 15.8. The maximum Gasteiger partial charge on any atom is 0.243 e. The number of phenolic OH excluding ortho intramolecular Hbond substituents is 2. The molecule has 0 radical (unpaired) electrons. The first-order valence-electron chi connectivity index (χ1n) is 11.8. The Balaban J connectivity index is 1.49. The zero-order valence-corrected chi connectivity index (χ0v) is 20.8. The summed E-state index contributed by atoms with van der Waals surface area (Å²) in [5.74, 6) is 0.460. The van der Waals surface area contributed by atoms with Gasteiger partial charge in [0.05, 0.1) is 14.2 Å². The molecule has 0 heterocycles. The van der Waals surface area contributed by atoms with E-state index in [2.05, 4.69) is 16.0 Å². The van der Waals surface area contributed by atoms with Crippen LogP contribution in [-0.2, 0) is 9.59 Å². The highest BCUT2D eigenvalue weighted by atomic mass is 16.5. The zero-order chi connectivity index (χ0) is 26.2. The number of carbonyl (C=O) groups excluding carboxylic acids is 2. The lowest BCUT2D eigenvalue weighted by Crippen LogP contribution is -2.27. The summed E-state index contributed by atoms with van der Waals surface area (Å²) in [5.41, 5.74) is 1.51. The Morgan fingerprint density at radius 1 is 0.722 bits per heavy atom. The minimum absolute atomic E-state index is 0.0529. The third-order valence-corrected chi connectivity index (χ3v) is 5.17. The Morgan fingerprint density at radius 2 is 1.17 bits per heavy atom. The Kier molecular flexibility index (Phi) is 12.4. The van der Waals surface area contributed by atoms with Gasteiger partial charge in [0.2, 0.25) is 11.8 Å². The maximum atomic E-state index is 11.9. The first-order chi connectivity index (χ1) is 17.4. The van der Waals surface area contributed by atoms with Crippen molar-refractivity contribution in [3.63, 3.8) is 0 Å². The predicted octanol–water partition coefficient (Wildman–Crippen LogP) is 2.83. The molecule has 194 valence electrons. The summed E-state index contributed by atoms with van der Waals surface area (Å²) in [6.07, 6.45) is 8.80. The molecule has 0 bridgehead atoms. The SMILES string of the molecule is COc1cc(/C=C/C(=O)NCCCCNCCCNC(=O)/C=C/c2ccc(O)c(OC)c2)ccc1O. The number of methoxy groups -OCH3 is 2. The van der Waals surface area contributed by atoms with Crippen molar-refractivity contribution in [2.75, 3.05) is 40.4 Å². The van der Waals surface area contributed by atoms with E-state index >= 15 is 0 Å². The van der Waals surface area contributed by atoms with Gasteiger partial charge in [0.1, 0.15) is 0 Å². The van der Waals surface area contributed by atoms with Crippen LogP contribution in [0.25, 0.3) is 12.2 Å². The van der Waals surface area contributed by atoms with Gasteiger partial charge in [0, 0.05) is 25.2 Å². The van der Waals surface area contributed by atoms with E-state index < -0.39 is 0 Å². The summed E-state index contributed by atoms with van der Waals surface area (Å²) in [6.45, 7) is 2.75. The first-order valence-corrected chi connectivity index (χ1v) is 11.8. The van der Waals surface area contributed by atoms with Crippen LogP contribution >= 0.6 is 0 Å². The lowest BCUT2D eigenvalue weighted by atomic mass is 10.2. The highest BCUT2D eigenvalue weighted by Gasteiger charge is 2.03. The van der Waals surface area contributed by atoms with Crippen molar-refractivity contribution in [3.8, 4) is 23.0 Å². The quantitative estimate of drug-likeness (QED) is 0.189. The lowest BCUT2D eigenvalue weighted by molar-refractivity contribution is -0.117. The molecule has 0 fully saturated rings. The fraction of sp³-hybridized carbons (Fsp3) is 0.333. The van der Waals surface area contributed by atoms with Crippen LogP contribution in [0, 0.1) is 0 Å². The van der Waals surface area contributed by atoms with Crippen molar-refractivity contribution in [2.45, 2.75) is 19.3 Å². The van der Waals surface area contributed by atoms with Crippen molar-refractivity contribution in [3.05, 3.63) is 59.7 Å². The molecule has 2 aromatic rings. The summed E-state index contributed by atoms with van der Waals surface area (Å²) in [6, 6.07) is 9.74. The van der Waals surface area contributed by atoms with E-state index in [0.29, 0.717) is 24.6 Å². The van der Waals surface area contributed by atoms with E-state index in [0.717, 1.165) is 43.5 Å². The van der Waals surface area contributed by atoms with Crippen molar-refractivity contribution in [2.24, 2.45) is 0 Å². The molecule has 9 nitrogen and oxygen atoms in total. The summed E-state index contributed by atoms with van der Waals surface area (Å²) in [4.78, 5) is 23.8. The van der Waals surface area contributed by atoms with Crippen LogP contribution in [0.2, 0.25) is 0 Å². The van der Waals surface area contributed by atoms with Gasteiger partial charge in [-0.25, -0.2) is 0 Å². The highest BCUT2D eigenvalue weighted by molar-refractivity contribution is 5.92. The van der Waals surface area contributed by atoms with Crippen LogP contribution in [0.15, 0.2) is 48.6 Å². The molecule has 2 rings (SSSR count). The number of phenols is 2. The second-order valence-electron chi connectivity index (χ2n) is 7.92. The first kappa shape index (κ1) is 28.3. The van der Waals surface area contributed by atoms with Gasteiger partial charge >= 0.3 is 0 Å². The number of benzene rings is 2. The Morgan fingerprint density at radius 3 is 1.67 bits per heavy atom. The molecular formula is C27H35N3O6. The Bertz CT molecular complexity index is 968. The lowest BCUT2D eigenvalue weighted by Gasteiger charge is -2.06. The van der Waals surface area contributed by atoms with Crippen molar-refractivity contribution >= 4 is 24.0 Å². The number of carbonyl (C=O) groups is 2. The molecule has 0 aromatic heterocycles. The number of nitrogens with one attached hydrogen (secondary N) is 3. The highest BCUT2D eigenvalue weighted by Crippen LogP contribution is 2.27. The summed E-state index contributed by atoms with van der Waals surface area (Å²) in [7, 11) is 2.94. The molecule has 0 aliphatic rings. The van der Waals surface area contributed by atoms with Crippen LogP contribution in [0.1, 0.15) is 30.4 Å². The van der Waals surface area contributed by atoms with Crippen molar-refractivity contribution in [1.82, 2.24) is 16.0 Å². The topological polar surface area (TPSA) is 129 Å². The number of amides is 2. The average molecular weight is 498 g/mol. The number of unbranched alkanes of at least 4 members (excludes halogenated alkanes) is 1. The molecule has 0 atom stereocenters. The fourth-order valence-corrected chi connectivity index (χ4v) is 3.19. The molecule has 36 heavy (non-hydrogen) atoms. The monoisotopic (exact) mass is 497 g/mol. The summed E-state index contributed by atoms with van der Waals surface area (Å²) in [5, 5.41) is 28.2. The molecule has 2 aromatic carbocycles. The normalized spacial score (nSPS) is 11.1. The minimum Gasteiger partial charge on any atom is -0.504 e. The van der Waals surface area contributed by atoms with E-state index in [1.54, 1.807) is 36.4 Å². The van der Waals surface area contributed by atoms with Gasteiger partial charge in [-0.05, 0) is 79.9 Å². The number of hydrogen-bond acceptors (Lipinski definition) is 7. The van der Waals surface area contributed by atoms with Crippen LogP contribution < -0.4 is 25.4 Å². The fourth-order valence-electron chi connectivity index (χ4n) is 3.19. The van der Waals surface area contributed by atoms with E-state index in [1.807, 2.05) is 0 Å². The average Bonchev–Trinajstić information content (AvgIpc) is 2.88. The van der Waals surface area contributed by atoms with Crippen LogP contribution in [0.3, 0.4) is 0 Å². The van der Waals surface area contributed by atoms with E-state index in [1.165, 1.54) is 38.5 Å². The molecule has 0 aliphatic heterocycles. The molecular weight excluding hydrogens is 462 g/mol. The molecule has 2 amide bonds. The third kappa shape index (κ3) is 10.5. The zero-order valence-electron chi connectivity index (χ0n) is 20.8. The van der Waals surface area contributed by atoms with Crippen LogP contribution in [0.5, 0.6) is 23.0 Å². The molecule has 0 unspecified atom stereocenters. The van der Waals surface area contributed by atoms with E-state index in [9.17, 15) is 19.8 Å². The molecule has 0 saturated carbocycles. The molecule has 0 aliphatic carbocycles. The smallest absolute Gasteiger partial charge is 0.243 e. The van der Waals surface area contributed by atoms with Gasteiger partial charge in [-0.3, -0.25) is 9.59 Å². The van der Waals surface area contributed by atoms with E-state index in [-0.39, 0.29) is 23.3 Å². The minimum atomic E-state index is -0.184. The summed E-state index contributed by atoms with van der Waals surface area (Å²) >= 11 is 0. The van der Waals surface area contributed by atoms with Crippen LogP contribution in [0.4, 0.5) is 0 Å². The van der Waals surface area contributed by atoms with Crippen molar-refractivity contribution < 1.29 is 29.3 Å². The van der Waals surface area contributed by atoms with Crippen molar-refractivity contribution in [1.29, 1.82) is 0 Å². The van der Waals surface area contributed by atoms with Gasteiger partial charge < -0.3 is 35.6 Å².